The highest BCUT2D eigenvalue weighted by Gasteiger charge is 2.11. The van der Waals surface area contributed by atoms with Gasteiger partial charge in [-0.3, -0.25) is 0 Å². The first kappa shape index (κ1) is 28.8. The molecule has 9 heteroatoms. The summed E-state index contributed by atoms with van der Waals surface area (Å²) in [6.07, 6.45) is 6.12. The predicted molar refractivity (Wildman–Crippen MR) is 148 cm³/mol. The number of unbranched alkanes of at least 4 members (excludes halogenated alkanes) is 2. The van der Waals surface area contributed by atoms with Crippen LogP contribution in [0.2, 0.25) is 0 Å². The van der Waals surface area contributed by atoms with Crippen molar-refractivity contribution in [2.24, 2.45) is 0 Å². The highest BCUT2D eigenvalue weighted by atomic mass is 16.6. The third-order valence-corrected chi connectivity index (χ3v) is 5.38. The van der Waals surface area contributed by atoms with Crippen molar-refractivity contribution >= 4 is 35.4 Å². The average Bonchev–Trinajstić information content (AvgIpc) is 2.92. The standard InChI is InChI=1S/C30H32N2O7/c1-2-3-4-15-36-26-10-12-27(13-11-26)39-28(33)14-7-21-5-8-22(9-6-21)29(34)37-16-17-38-30(35)23-18-24(31)20-25(32)19-23/h5-14,18-20H,2-4,15-17,31-32H2,1H3/b14-7+. The Balaban J connectivity index is 1.39. The molecule has 0 unspecified atom stereocenters. The van der Waals surface area contributed by atoms with Crippen LogP contribution in [-0.2, 0) is 14.3 Å². The summed E-state index contributed by atoms with van der Waals surface area (Å²) >= 11 is 0. The van der Waals surface area contributed by atoms with Gasteiger partial charge in [0.15, 0.2) is 0 Å². The van der Waals surface area contributed by atoms with Gasteiger partial charge in [0, 0.05) is 17.5 Å². The van der Waals surface area contributed by atoms with Crippen molar-refractivity contribution < 1.29 is 33.3 Å². The number of rotatable bonds is 13. The molecular formula is C30H32N2O7. The van der Waals surface area contributed by atoms with Gasteiger partial charge < -0.3 is 30.4 Å². The number of nitrogens with two attached hydrogens (primary N) is 2. The molecule has 0 bridgehead atoms. The molecule has 0 aliphatic carbocycles. The van der Waals surface area contributed by atoms with Gasteiger partial charge in [0.25, 0.3) is 0 Å². The monoisotopic (exact) mass is 532 g/mol. The maximum atomic E-state index is 12.2. The summed E-state index contributed by atoms with van der Waals surface area (Å²) in [4.78, 5) is 36.5. The van der Waals surface area contributed by atoms with Gasteiger partial charge in [-0.2, -0.15) is 0 Å². The fourth-order valence-electron chi connectivity index (χ4n) is 3.42. The zero-order chi connectivity index (χ0) is 28.0. The molecule has 0 aliphatic rings. The van der Waals surface area contributed by atoms with Crippen LogP contribution in [0.25, 0.3) is 6.08 Å². The summed E-state index contributed by atoms with van der Waals surface area (Å²) in [5.41, 5.74) is 13.2. The van der Waals surface area contributed by atoms with E-state index in [0.717, 1.165) is 25.0 Å². The summed E-state index contributed by atoms with van der Waals surface area (Å²) in [6.45, 7) is 2.54. The van der Waals surface area contributed by atoms with E-state index < -0.39 is 17.9 Å². The molecule has 39 heavy (non-hydrogen) atoms. The first-order valence-electron chi connectivity index (χ1n) is 12.6. The lowest BCUT2D eigenvalue weighted by molar-refractivity contribution is -0.128. The Morgan fingerprint density at radius 3 is 1.92 bits per heavy atom. The molecule has 0 radical (unpaired) electrons. The van der Waals surface area contributed by atoms with Gasteiger partial charge in [0.1, 0.15) is 24.7 Å². The first-order valence-corrected chi connectivity index (χ1v) is 12.6. The van der Waals surface area contributed by atoms with E-state index in [2.05, 4.69) is 6.92 Å². The van der Waals surface area contributed by atoms with Crippen LogP contribution in [0.5, 0.6) is 11.5 Å². The van der Waals surface area contributed by atoms with E-state index in [1.54, 1.807) is 54.6 Å². The average molecular weight is 533 g/mol. The summed E-state index contributed by atoms with van der Waals surface area (Å²) in [7, 11) is 0. The number of hydrogen-bond donors (Lipinski definition) is 2. The van der Waals surface area contributed by atoms with Gasteiger partial charge in [-0.15, -0.1) is 0 Å². The molecule has 204 valence electrons. The molecule has 4 N–H and O–H groups in total. The topological polar surface area (TPSA) is 140 Å². The second kappa shape index (κ2) is 14.8. The number of ether oxygens (including phenoxy) is 4. The molecule has 0 spiro atoms. The maximum absolute atomic E-state index is 12.2. The molecule has 0 saturated carbocycles. The fourth-order valence-corrected chi connectivity index (χ4v) is 3.42. The Morgan fingerprint density at radius 1 is 0.718 bits per heavy atom. The van der Waals surface area contributed by atoms with Crippen molar-refractivity contribution in [1.82, 2.24) is 0 Å². The number of carbonyl (C=O) groups is 3. The van der Waals surface area contributed by atoms with E-state index in [0.29, 0.717) is 34.9 Å². The third kappa shape index (κ3) is 9.88. The molecule has 9 nitrogen and oxygen atoms in total. The molecule has 3 aromatic rings. The van der Waals surface area contributed by atoms with Gasteiger partial charge in [-0.1, -0.05) is 31.9 Å². The van der Waals surface area contributed by atoms with Gasteiger partial charge in [0.2, 0.25) is 0 Å². The van der Waals surface area contributed by atoms with Crippen LogP contribution >= 0.6 is 0 Å². The normalized spacial score (nSPS) is 10.7. The van der Waals surface area contributed by atoms with E-state index >= 15 is 0 Å². The third-order valence-electron chi connectivity index (χ3n) is 5.38. The van der Waals surface area contributed by atoms with E-state index in [1.807, 2.05) is 0 Å². The SMILES string of the molecule is CCCCCOc1ccc(OC(=O)/C=C/c2ccc(C(=O)OCCOC(=O)c3cc(N)cc(N)c3)cc2)cc1. The van der Waals surface area contributed by atoms with Gasteiger partial charge in [-0.05, 0) is 72.7 Å². The minimum absolute atomic E-state index is 0.123. The Kier molecular flexibility index (Phi) is 10.9. The molecule has 3 aromatic carbocycles. The summed E-state index contributed by atoms with van der Waals surface area (Å²) in [6, 6.07) is 17.7. The van der Waals surface area contributed by atoms with Crippen LogP contribution < -0.4 is 20.9 Å². The van der Waals surface area contributed by atoms with E-state index in [-0.39, 0.29) is 18.8 Å². The van der Waals surface area contributed by atoms with Crippen molar-refractivity contribution in [1.29, 1.82) is 0 Å². The summed E-state index contributed by atoms with van der Waals surface area (Å²) in [5, 5.41) is 0. The van der Waals surface area contributed by atoms with Crippen LogP contribution in [0.15, 0.2) is 72.8 Å². The smallest absolute Gasteiger partial charge is 0.338 e. The Bertz CT molecular complexity index is 1270. The molecular weight excluding hydrogens is 500 g/mol. The number of hydrogen-bond acceptors (Lipinski definition) is 9. The van der Waals surface area contributed by atoms with Crippen LogP contribution in [-0.4, -0.2) is 37.7 Å². The van der Waals surface area contributed by atoms with Gasteiger partial charge >= 0.3 is 17.9 Å². The van der Waals surface area contributed by atoms with Crippen LogP contribution in [0.1, 0.15) is 52.5 Å². The van der Waals surface area contributed by atoms with Gasteiger partial charge in [-0.25, -0.2) is 14.4 Å². The van der Waals surface area contributed by atoms with Crippen molar-refractivity contribution in [3.05, 3.63) is 89.5 Å². The lowest BCUT2D eigenvalue weighted by atomic mass is 10.1. The minimum atomic E-state index is -0.622. The van der Waals surface area contributed by atoms with Crippen molar-refractivity contribution in [2.45, 2.75) is 26.2 Å². The van der Waals surface area contributed by atoms with Crippen molar-refractivity contribution in [2.75, 3.05) is 31.3 Å². The zero-order valence-electron chi connectivity index (χ0n) is 21.8. The van der Waals surface area contributed by atoms with E-state index in [4.69, 9.17) is 30.4 Å². The molecule has 0 amide bonds. The second-order valence-corrected chi connectivity index (χ2v) is 8.56. The number of nitrogen functional groups attached to an aromatic ring is 2. The molecule has 0 heterocycles. The summed E-state index contributed by atoms with van der Waals surface area (Å²) < 4.78 is 21.2. The molecule has 3 rings (SSSR count). The lowest BCUT2D eigenvalue weighted by Crippen LogP contribution is -2.14. The largest absolute Gasteiger partial charge is 0.494 e. The maximum Gasteiger partial charge on any atom is 0.338 e. The van der Waals surface area contributed by atoms with Crippen LogP contribution in [0, 0.1) is 0 Å². The fraction of sp³-hybridized carbons (Fsp3) is 0.233. The molecule has 0 saturated heterocycles. The van der Waals surface area contributed by atoms with E-state index in [1.165, 1.54) is 24.3 Å². The van der Waals surface area contributed by atoms with Crippen molar-refractivity contribution in [3.8, 4) is 11.5 Å². The van der Waals surface area contributed by atoms with E-state index in [9.17, 15) is 14.4 Å². The molecule has 0 atom stereocenters. The van der Waals surface area contributed by atoms with Crippen LogP contribution in [0.4, 0.5) is 11.4 Å². The lowest BCUT2D eigenvalue weighted by Gasteiger charge is -2.08. The number of anilines is 2. The highest BCUT2D eigenvalue weighted by Crippen LogP contribution is 2.19. The molecule has 0 fully saturated rings. The first-order chi connectivity index (χ1) is 18.8. The zero-order valence-corrected chi connectivity index (χ0v) is 21.8. The Labute approximate surface area is 227 Å². The number of benzene rings is 3. The number of esters is 3. The predicted octanol–water partition coefficient (Wildman–Crippen LogP) is 5.05. The molecule has 0 aromatic heterocycles. The van der Waals surface area contributed by atoms with Gasteiger partial charge in [0.05, 0.1) is 17.7 Å². The Morgan fingerprint density at radius 2 is 1.31 bits per heavy atom. The molecule has 0 aliphatic heterocycles. The number of carbonyl (C=O) groups excluding carboxylic acids is 3. The Hall–Kier alpha value is -4.79. The second-order valence-electron chi connectivity index (χ2n) is 8.56. The quantitative estimate of drug-likeness (QED) is 0.102. The van der Waals surface area contributed by atoms with Crippen LogP contribution in [0.3, 0.4) is 0 Å². The highest BCUT2D eigenvalue weighted by molar-refractivity contribution is 5.92. The van der Waals surface area contributed by atoms with Crippen molar-refractivity contribution in [3.63, 3.8) is 0 Å². The summed E-state index contributed by atoms with van der Waals surface area (Å²) in [5.74, 6) is -0.600. The minimum Gasteiger partial charge on any atom is -0.494 e.